The molecule has 0 bridgehead atoms. The van der Waals surface area contributed by atoms with Gasteiger partial charge in [-0.1, -0.05) is 20.8 Å². The zero-order valence-corrected chi connectivity index (χ0v) is 13.9. The first-order valence-corrected chi connectivity index (χ1v) is 7.43. The van der Waals surface area contributed by atoms with Crippen molar-refractivity contribution in [3.05, 3.63) is 51.9 Å². The number of hydrogen-bond acceptors (Lipinski definition) is 3. The van der Waals surface area contributed by atoms with Crippen LogP contribution < -0.4 is 10.5 Å². The Labute approximate surface area is 132 Å². The zero-order chi connectivity index (χ0) is 15.6. The number of rotatable bonds is 3. The molecule has 0 amide bonds. The van der Waals surface area contributed by atoms with Crippen LogP contribution in [0.2, 0.25) is 0 Å². The third-order valence-electron chi connectivity index (χ3n) is 2.97. The highest BCUT2D eigenvalue weighted by molar-refractivity contribution is 9.10. The maximum Gasteiger partial charge on any atom is 0.219 e. The summed E-state index contributed by atoms with van der Waals surface area (Å²) < 4.78 is 19.7. The number of pyridine rings is 1. The van der Waals surface area contributed by atoms with E-state index >= 15 is 0 Å². The van der Waals surface area contributed by atoms with Crippen LogP contribution in [0.5, 0.6) is 11.6 Å². The number of nitrogens with zero attached hydrogens (tertiary/aromatic N) is 1. The van der Waals surface area contributed by atoms with E-state index in [0.29, 0.717) is 22.6 Å². The number of halogens is 2. The molecule has 21 heavy (non-hydrogen) atoms. The summed E-state index contributed by atoms with van der Waals surface area (Å²) >= 11 is 3.34. The van der Waals surface area contributed by atoms with Gasteiger partial charge in [-0.2, -0.15) is 0 Å². The summed E-state index contributed by atoms with van der Waals surface area (Å²) in [5, 5.41) is 0. The minimum Gasteiger partial charge on any atom is -0.438 e. The molecule has 2 N–H and O–H groups in total. The lowest BCUT2D eigenvalue weighted by Gasteiger charge is -2.20. The van der Waals surface area contributed by atoms with E-state index in [9.17, 15) is 4.39 Å². The van der Waals surface area contributed by atoms with Gasteiger partial charge in [0.15, 0.2) is 0 Å². The summed E-state index contributed by atoms with van der Waals surface area (Å²) in [5.74, 6) is 0.435. The van der Waals surface area contributed by atoms with Crippen LogP contribution in [-0.4, -0.2) is 4.98 Å². The molecule has 0 spiro atoms. The average molecular weight is 353 g/mol. The Hall–Kier alpha value is -1.46. The fourth-order valence-corrected chi connectivity index (χ4v) is 2.11. The minimum absolute atomic E-state index is 0.123. The summed E-state index contributed by atoms with van der Waals surface area (Å²) in [6, 6.07) is 8.01. The Balaban J connectivity index is 2.42. The first-order valence-electron chi connectivity index (χ1n) is 6.64. The molecule has 0 fully saturated rings. The van der Waals surface area contributed by atoms with Crippen molar-refractivity contribution in [1.29, 1.82) is 0 Å². The van der Waals surface area contributed by atoms with E-state index in [2.05, 4.69) is 41.7 Å². The van der Waals surface area contributed by atoms with Crippen LogP contribution >= 0.6 is 15.9 Å². The second kappa shape index (κ2) is 6.12. The Morgan fingerprint density at radius 2 is 1.95 bits per heavy atom. The molecule has 1 aromatic carbocycles. The van der Waals surface area contributed by atoms with Crippen molar-refractivity contribution < 1.29 is 9.13 Å². The fraction of sp³-hybridized carbons (Fsp3) is 0.312. The maximum absolute atomic E-state index is 13.3. The van der Waals surface area contributed by atoms with Crippen molar-refractivity contribution in [1.82, 2.24) is 4.98 Å². The highest BCUT2D eigenvalue weighted by Gasteiger charge is 2.18. The number of hydrogen-bond donors (Lipinski definition) is 1. The van der Waals surface area contributed by atoms with Gasteiger partial charge in [-0.05, 0) is 39.7 Å². The Morgan fingerprint density at radius 3 is 2.57 bits per heavy atom. The van der Waals surface area contributed by atoms with E-state index in [0.717, 1.165) is 11.3 Å². The molecule has 0 atom stereocenters. The molecule has 5 heteroatoms. The molecule has 0 unspecified atom stereocenters. The van der Waals surface area contributed by atoms with Gasteiger partial charge in [0.1, 0.15) is 11.6 Å². The van der Waals surface area contributed by atoms with E-state index in [-0.39, 0.29) is 11.2 Å². The molecular weight excluding hydrogens is 335 g/mol. The first-order chi connectivity index (χ1) is 9.79. The van der Waals surface area contributed by atoms with Gasteiger partial charge in [0, 0.05) is 24.1 Å². The molecule has 1 aromatic heterocycles. The molecule has 0 radical (unpaired) electrons. The molecule has 0 aliphatic heterocycles. The zero-order valence-electron chi connectivity index (χ0n) is 12.3. The Morgan fingerprint density at radius 1 is 1.24 bits per heavy atom. The predicted molar refractivity (Wildman–Crippen MR) is 85.0 cm³/mol. The van der Waals surface area contributed by atoms with E-state index in [1.165, 1.54) is 12.1 Å². The molecule has 2 rings (SSSR count). The van der Waals surface area contributed by atoms with Crippen LogP contribution in [0.3, 0.4) is 0 Å². The summed E-state index contributed by atoms with van der Waals surface area (Å²) in [5.41, 5.74) is 7.41. The number of benzene rings is 1. The largest absolute Gasteiger partial charge is 0.438 e. The van der Waals surface area contributed by atoms with Crippen LogP contribution in [-0.2, 0) is 12.0 Å². The number of nitrogens with two attached hydrogens (primary N) is 1. The number of aromatic nitrogens is 1. The highest BCUT2D eigenvalue weighted by Crippen LogP contribution is 2.31. The Bertz CT molecular complexity index is 653. The van der Waals surface area contributed by atoms with Gasteiger partial charge in [-0.3, -0.25) is 0 Å². The molecule has 0 aliphatic rings. The van der Waals surface area contributed by atoms with Crippen LogP contribution in [0.4, 0.5) is 4.39 Å². The minimum atomic E-state index is -0.362. The third-order valence-corrected chi connectivity index (χ3v) is 3.63. The monoisotopic (exact) mass is 352 g/mol. The standard InChI is InChI=1S/C16H18BrFN2O/c1-16(2,3)14-6-10(9-19)7-15(20-14)21-13-8-11(18)4-5-12(13)17/h4-8H,9,19H2,1-3H3. The molecular formula is C16H18BrFN2O. The molecule has 1 heterocycles. The van der Waals surface area contributed by atoms with Crippen molar-refractivity contribution in [3.63, 3.8) is 0 Å². The van der Waals surface area contributed by atoms with E-state index < -0.39 is 0 Å². The van der Waals surface area contributed by atoms with Crippen LogP contribution in [0, 0.1) is 5.82 Å². The van der Waals surface area contributed by atoms with Gasteiger partial charge in [0.05, 0.1) is 10.2 Å². The van der Waals surface area contributed by atoms with Gasteiger partial charge in [-0.15, -0.1) is 0 Å². The van der Waals surface area contributed by atoms with Crippen LogP contribution in [0.1, 0.15) is 32.0 Å². The quantitative estimate of drug-likeness (QED) is 0.882. The SMILES string of the molecule is CC(C)(C)c1cc(CN)cc(Oc2cc(F)ccc2Br)n1. The van der Waals surface area contributed by atoms with Crippen LogP contribution in [0.25, 0.3) is 0 Å². The lowest BCUT2D eigenvalue weighted by molar-refractivity contribution is 0.444. The summed E-state index contributed by atoms with van der Waals surface area (Å²) in [7, 11) is 0. The molecule has 3 nitrogen and oxygen atoms in total. The average Bonchev–Trinajstić information content (AvgIpc) is 2.41. The third kappa shape index (κ3) is 4.02. The predicted octanol–water partition coefficient (Wildman–Crippen LogP) is 4.53. The van der Waals surface area contributed by atoms with Gasteiger partial charge in [0.25, 0.3) is 0 Å². The summed E-state index contributed by atoms with van der Waals surface area (Å²) in [6.45, 7) is 6.60. The van der Waals surface area contributed by atoms with Crippen molar-refractivity contribution in [3.8, 4) is 11.6 Å². The Kier molecular flexibility index (Phi) is 4.64. The van der Waals surface area contributed by atoms with Crippen LogP contribution in [0.15, 0.2) is 34.8 Å². The van der Waals surface area contributed by atoms with Gasteiger partial charge in [-0.25, -0.2) is 9.37 Å². The van der Waals surface area contributed by atoms with Crippen molar-refractivity contribution in [2.24, 2.45) is 5.73 Å². The van der Waals surface area contributed by atoms with Crippen molar-refractivity contribution in [2.75, 3.05) is 0 Å². The normalized spacial score (nSPS) is 11.5. The topological polar surface area (TPSA) is 48.1 Å². The molecule has 0 aliphatic carbocycles. The molecule has 112 valence electrons. The van der Waals surface area contributed by atoms with Crippen molar-refractivity contribution >= 4 is 15.9 Å². The summed E-state index contributed by atoms with van der Waals surface area (Å²) in [4.78, 5) is 4.50. The van der Waals surface area contributed by atoms with E-state index in [1.807, 2.05) is 6.07 Å². The molecule has 0 saturated heterocycles. The highest BCUT2D eigenvalue weighted by atomic mass is 79.9. The van der Waals surface area contributed by atoms with Gasteiger partial charge < -0.3 is 10.5 Å². The lowest BCUT2D eigenvalue weighted by Crippen LogP contribution is -2.15. The van der Waals surface area contributed by atoms with Crippen molar-refractivity contribution in [2.45, 2.75) is 32.7 Å². The van der Waals surface area contributed by atoms with E-state index in [1.54, 1.807) is 12.1 Å². The second-order valence-corrected chi connectivity index (χ2v) is 6.68. The fourth-order valence-electron chi connectivity index (χ4n) is 1.78. The summed E-state index contributed by atoms with van der Waals surface area (Å²) in [6.07, 6.45) is 0. The molecule has 0 saturated carbocycles. The van der Waals surface area contributed by atoms with E-state index in [4.69, 9.17) is 10.5 Å². The lowest BCUT2D eigenvalue weighted by atomic mass is 9.91. The molecule has 2 aromatic rings. The van der Waals surface area contributed by atoms with Gasteiger partial charge >= 0.3 is 0 Å². The smallest absolute Gasteiger partial charge is 0.219 e. The number of ether oxygens (including phenoxy) is 1. The maximum atomic E-state index is 13.3. The van der Waals surface area contributed by atoms with Gasteiger partial charge in [0.2, 0.25) is 5.88 Å². The first kappa shape index (κ1) is 15.9. The second-order valence-electron chi connectivity index (χ2n) is 5.83.